The number of likely N-dealkylation sites (tertiary alicyclic amines) is 1. The Morgan fingerprint density at radius 3 is 2.37 bits per heavy atom. The van der Waals surface area contributed by atoms with Gasteiger partial charge in [-0.05, 0) is 50.8 Å². The molecule has 0 unspecified atom stereocenters. The van der Waals surface area contributed by atoms with Crippen LogP contribution in [0.5, 0.6) is 0 Å². The maximum atomic E-state index is 12.6. The number of anilines is 1. The number of carbonyl (C=O) groups excluding carboxylic acids is 2. The molecule has 2 amide bonds. The summed E-state index contributed by atoms with van der Waals surface area (Å²) in [7, 11) is 0. The molecule has 3 rings (SSSR count). The van der Waals surface area contributed by atoms with E-state index >= 15 is 0 Å². The van der Waals surface area contributed by atoms with Crippen molar-refractivity contribution in [3.8, 4) is 0 Å². The van der Waals surface area contributed by atoms with E-state index in [2.05, 4.69) is 17.4 Å². The molecule has 1 aliphatic heterocycles. The van der Waals surface area contributed by atoms with Crippen molar-refractivity contribution in [2.45, 2.75) is 40.0 Å². The van der Waals surface area contributed by atoms with Gasteiger partial charge in [0.15, 0.2) is 0 Å². The van der Waals surface area contributed by atoms with E-state index in [1.165, 1.54) is 11.1 Å². The van der Waals surface area contributed by atoms with Crippen LogP contribution in [0.2, 0.25) is 0 Å². The Bertz CT molecular complexity index is 836. The number of nitrogens with one attached hydrogen (secondary N) is 1. The van der Waals surface area contributed by atoms with Crippen molar-refractivity contribution in [3.05, 3.63) is 64.7 Å². The van der Waals surface area contributed by atoms with Crippen LogP contribution in [0.25, 0.3) is 0 Å². The molecule has 0 radical (unpaired) electrons. The summed E-state index contributed by atoms with van der Waals surface area (Å²) in [5.41, 5.74) is 5.36. The Morgan fingerprint density at radius 2 is 1.70 bits per heavy atom. The highest BCUT2D eigenvalue weighted by Gasteiger charge is 2.27. The van der Waals surface area contributed by atoms with Crippen molar-refractivity contribution >= 4 is 17.5 Å². The van der Waals surface area contributed by atoms with Crippen LogP contribution in [0.3, 0.4) is 0 Å². The summed E-state index contributed by atoms with van der Waals surface area (Å²) in [5.74, 6) is 0.176. The van der Waals surface area contributed by atoms with Crippen LogP contribution < -0.4 is 5.32 Å². The number of aryl methyl sites for hydroxylation is 3. The van der Waals surface area contributed by atoms with Gasteiger partial charge in [0.1, 0.15) is 0 Å². The molecule has 1 heterocycles. The van der Waals surface area contributed by atoms with Crippen molar-refractivity contribution < 1.29 is 9.59 Å². The lowest BCUT2D eigenvalue weighted by molar-refractivity contribution is -0.133. The van der Waals surface area contributed by atoms with Gasteiger partial charge in [0.05, 0.1) is 6.42 Å². The summed E-state index contributed by atoms with van der Waals surface area (Å²) >= 11 is 0. The predicted molar refractivity (Wildman–Crippen MR) is 109 cm³/mol. The largest absolute Gasteiger partial charge is 0.342 e. The van der Waals surface area contributed by atoms with Crippen molar-refractivity contribution in [1.82, 2.24) is 4.90 Å². The number of carbonyl (C=O) groups is 2. The third-order valence-corrected chi connectivity index (χ3v) is 5.30. The lowest BCUT2D eigenvalue weighted by Gasteiger charge is -2.31. The third kappa shape index (κ3) is 4.97. The van der Waals surface area contributed by atoms with E-state index in [0.29, 0.717) is 19.5 Å². The number of amides is 2. The average molecular weight is 364 g/mol. The Kier molecular flexibility index (Phi) is 5.94. The highest BCUT2D eigenvalue weighted by molar-refractivity contribution is 5.93. The summed E-state index contributed by atoms with van der Waals surface area (Å²) in [6.45, 7) is 7.39. The van der Waals surface area contributed by atoms with Gasteiger partial charge in [-0.2, -0.15) is 0 Å². The summed E-state index contributed by atoms with van der Waals surface area (Å²) < 4.78 is 0. The van der Waals surface area contributed by atoms with Gasteiger partial charge in [0.25, 0.3) is 0 Å². The molecule has 1 N–H and O–H groups in total. The first kappa shape index (κ1) is 19.2. The molecule has 4 nitrogen and oxygen atoms in total. The minimum Gasteiger partial charge on any atom is -0.342 e. The number of nitrogens with zero attached hydrogens (tertiary/aromatic N) is 1. The highest BCUT2D eigenvalue weighted by Crippen LogP contribution is 2.22. The second kappa shape index (κ2) is 8.38. The minimum atomic E-state index is -0.0336. The van der Waals surface area contributed by atoms with E-state index < -0.39 is 0 Å². The van der Waals surface area contributed by atoms with Gasteiger partial charge in [0, 0.05) is 24.7 Å². The molecule has 4 heteroatoms. The molecule has 142 valence electrons. The van der Waals surface area contributed by atoms with Crippen molar-refractivity contribution in [2.24, 2.45) is 5.92 Å². The van der Waals surface area contributed by atoms with E-state index in [-0.39, 0.29) is 17.7 Å². The van der Waals surface area contributed by atoms with Gasteiger partial charge in [-0.1, -0.05) is 47.5 Å². The first-order valence-electron chi connectivity index (χ1n) is 9.64. The molecule has 0 saturated carbocycles. The van der Waals surface area contributed by atoms with Crippen LogP contribution in [-0.2, 0) is 16.0 Å². The van der Waals surface area contributed by atoms with Gasteiger partial charge in [-0.15, -0.1) is 0 Å². The Morgan fingerprint density at radius 1 is 1.00 bits per heavy atom. The zero-order chi connectivity index (χ0) is 19.4. The van der Waals surface area contributed by atoms with E-state index in [0.717, 1.165) is 29.7 Å². The Balaban J connectivity index is 1.52. The lowest BCUT2D eigenvalue weighted by Crippen LogP contribution is -2.42. The Labute approximate surface area is 161 Å². The van der Waals surface area contributed by atoms with Gasteiger partial charge < -0.3 is 10.2 Å². The van der Waals surface area contributed by atoms with Gasteiger partial charge in [0.2, 0.25) is 11.8 Å². The zero-order valence-electron chi connectivity index (χ0n) is 16.4. The molecular formula is C23H28N2O2. The molecule has 0 bridgehead atoms. The van der Waals surface area contributed by atoms with Crippen molar-refractivity contribution in [1.29, 1.82) is 0 Å². The van der Waals surface area contributed by atoms with E-state index in [9.17, 15) is 9.59 Å². The number of hydrogen-bond donors (Lipinski definition) is 1. The van der Waals surface area contributed by atoms with Crippen LogP contribution >= 0.6 is 0 Å². The normalized spacial score (nSPS) is 14.9. The smallest absolute Gasteiger partial charge is 0.227 e. The van der Waals surface area contributed by atoms with E-state index in [4.69, 9.17) is 0 Å². The van der Waals surface area contributed by atoms with Crippen LogP contribution in [0.4, 0.5) is 5.69 Å². The van der Waals surface area contributed by atoms with Crippen LogP contribution in [0.1, 0.15) is 35.1 Å². The van der Waals surface area contributed by atoms with Gasteiger partial charge >= 0.3 is 0 Å². The summed E-state index contributed by atoms with van der Waals surface area (Å²) in [5, 5.41) is 3.05. The van der Waals surface area contributed by atoms with Crippen molar-refractivity contribution in [3.63, 3.8) is 0 Å². The van der Waals surface area contributed by atoms with E-state index in [1.807, 2.05) is 56.0 Å². The van der Waals surface area contributed by atoms with Gasteiger partial charge in [-0.3, -0.25) is 9.59 Å². The molecule has 0 aliphatic carbocycles. The standard InChI is InChI=1S/C23H28N2O2/c1-16-5-4-6-19(14-16)15-22(26)25-11-9-20(10-12-25)23(27)24-21-8-7-17(2)13-18(21)3/h4-8,13-14,20H,9-12,15H2,1-3H3,(H,24,27). The molecule has 2 aromatic carbocycles. The number of benzene rings is 2. The quantitative estimate of drug-likeness (QED) is 0.890. The second-order valence-corrected chi connectivity index (χ2v) is 7.63. The fraction of sp³-hybridized carbons (Fsp3) is 0.391. The third-order valence-electron chi connectivity index (χ3n) is 5.30. The van der Waals surface area contributed by atoms with E-state index in [1.54, 1.807) is 0 Å². The summed E-state index contributed by atoms with van der Waals surface area (Å²) in [4.78, 5) is 27.0. The fourth-order valence-electron chi connectivity index (χ4n) is 3.69. The Hall–Kier alpha value is -2.62. The SMILES string of the molecule is Cc1cccc(CC(=O)N2CCC(C(=O)Nc3ccc(C)cc3C)CC2)c1. The molecular weight excluding hydrogens is 336 g/mol. The number of hydrogen-bond acceptors (Lipinski definition) is 2. The summed E-state index contributed by atoms with van der Waals surface area (Å²) in [6.07, 6.45) is 1.87. The molecule has 1 fully saturated rings. The molecule has 0 aromatic heterocycles. The lowest BCUT2D eigenvalue weighted by atomic mass is 9.95. The maximum Gasteiger partial charge on any atom is 0.227 e. The molecule has 0 spiro atoms. The topological polar surface area (TPSA) is 49.4 Å². The molecule has 1 saturated heterocycles. The van der Waals surface area contributed by atoms with Crippen LogP contribution in [0.15, 0.2) is 42.5 Å². The molecule has 2 aromatic rings. The first-order valence-corrected chi connectivity index (χ1v) is 9.64. The molecule has 0 atom stereocenters. The zero-order valence-corrected chi connectivity index (χ0v) is 16.4. The number of piperidine rings is 1. The maximum absolute atomic E-state index is 12.6. The van der Waals surface area contributed by atoms with Gasteiger partial charge in [-0.25, -0.2) is 0 Å². The van der Waals surface area contributed by atoms with Crippen molar-refractivity contribution in [2.75, 3.05) is 18.4 Å². The monoisotopic (exact) mass is 364 g/mol. The minimum absolute atomic E-state index is 0.0336. The second-order valence-electron chi connectivity index (χ2n) is 7.63. The molecule has 1 aliphatic rings. The first-order chi connectivity index (χ1) is 12.9. The average Bonchev–Trinajstić information content (AvgIpc) is 2.64. The van der Waals surface area contributed by atoms with Crippen LogP contribution in [0, 0.1) is 26.7 Å². The highest BCUT2D eigenvalue weighted by atomic mass is 16.2. The number of rotatable bonds is 4. The fourth-order valence-corrected chi connectivity index (χ4v) is 3.69. The summed E-state index contributed by atoms with van der Waals surface area (Å²) in [6, 6.07) is 14.1. The van der Waals surface area contributed by atoms with Crippen LogP contribution in [-0.4, -0.2) is 29.8 Å². The predicted octanol–water partition coefficient (Wildman–Crippen LogP) is 4.03. The molecule has 27 heavy (non-hydrogen) atoms.